The van der Waals surface area contributed by atoms with Crippen LogP contribution in [0.4, 0.5) is 5.69 Å². The molecule has 0 amide bonds. The Bertz CT molecular complexity index is 895. The summed E-state index contributed by atoms with van der Waals surface area (Å²) in [4.78, 5) is 6.00. The summed E-state index contributed by atoms with van der Waals surface area (Å²) >= 11 is 0. The summed E-state index contributed by atoms with van der Waals surface area (Å²) < 4.78 is 6.08. The van der Waals surface area contributed by atoms with Crippen molar-refractivity contribution in [2.24, 2.45) is 0 Å². The fourth-order valence-electron chi connectivity index (χ4n) is 3.84. The molecular formula is C24H23NO2. The third kappa shape index (κ3) is 2.81. The normalized spacial score (nSPS) is 15.0. The quantitative estimate of drug-likeness (QED) is 0.611. The molecule has 0 unspecified atom stereocenters. The molecule has 1 aliphatic rings. The zero-order valence-electron chi connectivity index (χ0n) is 15.6. The van der Waals surface area contributed by atoms with Gasteiger partial charge in [-0.2, -0.15) is 0 Å². The predicted octanol–water partition coefficient (Wildman–Crippen LogP) is 5.39. The Balaban J connectivity index is 2.07. The molecule has 3 aromatic carbocycles. The Kier molecular flexibility index (Phi) is 4.69. The van der Waals surface area contributed by atoms with Crippen LogP contribution in [0.1, 0.15) is 23.6 Å². The van der Waals surface area contributed by atoms with Crippen molar-refractivity contribution in [3.05, 3.63) is 108 Å². The molecule has 136 valence electrons. The number of nitrogens with zero attached hydrogens (tertiary/aromatic N) is 1. The van der Waals surface area contributed by atoms with Gasteiger partial charge in [0.15, 0.2) is 0 Å². The first-order valence-corrected chi connectivity index (χ1v) is 9.21. The van der Waals surface area contributed by atoms with Crippen LogP contribution < -0.4 is 5.06 Å². The highest BCUT2D eigenvalue weighted by molar-refractivity contribution is 5.80. The largest absolute Gasteiger partial charge is 0.493 e. The lowest BCUT2D eigenvalue weighted by Crippen LogP contribution is -2.47. The van der Waals surface area contributed by atoms with Crippen LogP contribution in [-0.4, -0.2) is 13.7 Å². The number of anilines is 1. The Morgan fingerprint density at radius 1 is 0.778 bits per heavy atom. The number of hydrogen-bond donors (Lipinski definition) is 0. The second-order valence-corrected chi connectivity index (χ2v) is 6.43. The number of hydrogen-bond acceptors (Lipinski definition) is 3. The molecule has 0 aromatic heterocycles. The summed E-state index contributed by atoms with van der Waals surface area (Å²) in [5, 5.41) is 1.98. The van der Waals surface area contributed by atoms with Crippen molar-refractivity contribution in [3.63, 3.8) is 0 Å². The van der Waals surface area contributed by atoms with E-state index in [-0.39, 0.29) is 0 Å². The molecular weight excluding hydrogens is 334 g/mol. The summed E-state index contributed by atoms with van der Waals surface area (Å²) in [6.45, 7) is 2.62. The van der Waals surface area contributed by atoms with Crippen molar-refractivity contribution in [3.8, 4) is 0 Å². The van der Waals surface area contributed by atoms with Crippen molar-refractivity contribution in [2.75, 3.05) is 18.8 Å². The maximum atomic E-state index is 6.08. The Morgan fingerprint density at radius 3 is 1.89 bits per heavy atom. The number of rotatable bonds is 5. The van der Waals surface area contributed by atoms with Gasteiger partial charge in [0.25, 0.3) is 0 Å². The number of ether oxygens (including phenoxy) is 1. The molecule has 4 rings (SSSR count). The Morgan fingerprint density at radius 2 is 1.33 bits per heavy atom. The summed E-state index contributed by atoms with van der Waals surface area (Å²) in [6, 6.07) is 29.0. The van der Waals surface area contributed by atoms with Gasteiger partial charge in [-0.1, -0.05) is 72.8 Å². The molecule has 0 bridgehead atoms. The lowest BCUT2D eigenvalue weighted by Gasteiger charge is -2.46. The van der Waals surface area contributed by atoms with Gasteiger partial charge in [-0.25, -0.2) is 5.06 Å². The van der Waals surface area contributed by atoms with Crippen LogP contribution in [0.2, 0.25) is 0 Å². The highest BCUT2D eigenvalue weighted by Crippen LogP contribution is 2.48. The van der Waals surface area contributed by atoms with E-state index in [9.17, 15) is 0 Å². The molecule has 3 heteroatoms. The zero-order chi connectivity index (χ0) is 18.7. The van der Waals surface area contributed by atoms with Gasteiger partial charge in [0.05, 0.1) is 19.4 Å². The molecule has 3 aromatic rings. The van der Waals surface area contributed by atoms with E-state index in [0.29, 0.717) is 6.61 Å². The van der Waals surface area contributed by atoms with Gasteiger partial charge < -0.3 is 4.74 Å². The summed E-state index contributed by atoms with van der Waals surface area (Å²) in [7, 11) is 1.72. The van der Waals surface area contributed by atoms with Crippen LogP contribution >= 0.6 is 0 Å². The molecule has 0 aliphatic carbocycles. The minimum Gasteiger partial charge on any atom is -0.493 e. The second-order valence-electron chi connectivity index (χ2n) is 6.43. The van der Waals surface area contributed by atoms with E-state index in [1.54, 1.807) is 7.11 Å². The molecule has 0 N–H and O–H groups in total. The van der Waals surface area contributed by atoms with Crippen LogP contribution in [0, 0.1) is 0 Å². The fourth-order valence-corrected chi connectivity index (χ4v) is 3.84. The van der Waals surface area contributed by atoms with Crippen LogP contribution in [0.25, 0.3) is 5.76 Å². The highest BCUT2D eigenvalue weighted by atomic mass is 16.7. The van der Waals surface area contributed by atoms with Gasteiger partial charge in [0.1, 0.15) is 11.3 Å². The van der Waals surface area contributed by atoms with E-state index in [1.165, 1.54) is 0 Å². The summed E-state index contributed by atoms with van der Waals surface area (Å²) in [6.07, 6.45) is 2.17. The molecule has 1 heterocycles. The van der Waals surface area contributed by atoms with Crippen LogP contribution in [0.15, 0.2) is 91.0 Å². The van der Waals surface area contributed by atoms with Crippen molar-refractivity contribution in [1.82, 2.24) is 0 Å². The second kappa shape index (κ2) is 7.29. The fraction of sp³-hybridized carbons (Fsp3) is 0.167. The van der Waals surface area contributed by atoms with Crippen LogP contribution in [-0.2, 0) is 15.1 Å². The SMILES string of the molecule is CCOC1=CC(c2ccccc2)(c2ccccc2)N(OC)c2ccccc21. The first-order chi connectivity index (χ1) is 13.3. The standard InChI is InChI=1S/C24H23NO2/c1-3-27-23-18-24(19-12-6-4-7-13-19,20-14-8-5-9-15-20)25(26-2)22-17-11-10-16-21(22)23/h4-18H,3H2,1-2H3. The predicted molar refractivity (Wildman–Crippen MR) is 109 cm³/mol. The summed E-state index contributed by atoms with van der Waals surface area (Å²) in [5.41, 5.74) is 3.62. The zero-order valence-corrected chi connectivity index (χ0v) is 15.6. The Labute approximate surface area is 160 Å². The van der Waals surface area contributed by atoms with Crippen molar-refractivity contribution in [1.29, 1.82) is 0 Å². The van der Waals surface area contributed by atoms with Crippen LogP contribution in [0.5, 0.6) is 0 Å². The van der Waals surface area contributed by atoms with Crippen molar-refractivity contribution in [2.45, 2.75) is 12.5 Å². The van der Waals surface area contributed by atoms with Gasteiger partial charge in [-0.3, -0.25) is 4.84 Å². The first kappa shape index (κ1) is 17.4. The van der Waals surface area contributed by atoms with Gasteiger partial charge in [0.2, 0.25) is 0 Å². The number of hydroxylamine groups is 1. The average Bonchev–Trinajstić information content (AvgIpc) is 2.75. The monoisotopic (exact) mass is 357 g/mol. The molecule has 0 radical (unpaired) electrons. The molecule has 0 atom stereocenters. The van der Waals surface area contributed by atoms with Gasteiger partial charge in [-0.05, 0) is 36.3 Å². The lowest BCUT2D eigenvalue weighted by atomic mass is 9.78. The number of fused-ring (bicyclic) bond motifs is 1. The molecule has 0 saturated heterocycles. The maximum Gasteiger partial charge on any atom is 0.139 e. The van der Waals surface area contributed by atoms with Crippen LogP contribution in [0.3, 0.4) is 0 Å². The van der Waals surface area contributed by atoms with E-state index in [4.69, 9.17) is 9.57 Å². The topological polar surface area (TPSA) is 21.7 Å². The molecule has 0 spiro atoms. The average molecular weight is 357 g/mol. The highest BCUT2D eigenvalue weighted by Gasteiger charge is 2.44. The molecule has 0 fully saturated rings. The number of benzene rings is 3. The molecule has 27 heavy (non-hydrogen) atoms. The van der Waals surface area contributed by atoms with E-state index in [2.05, 4.69) is 66.7 Å². The van der Waals surface area contributed by atoms with Gasteiger partial charge >= 0.3 is 0 Å². The molecule has 0 saturated carbocycles. The third-order valence-corrected chi connectivity index (χ3v) is 4.96. The smallest absolute Gasteiger partial charge is 0.139 e. The number of para-hydroxylation sites is 1. The minimum atomic E-state index is -0.629. The van der Waals surface area contributed by atoms with Gasteiger partial charge in [-0.15, -0.1) is 0 Å². The molecule has 3 nitrogen and oxygen atoms in total. The van der Waals surface area contributed by atoms with Gasteiger partial charge in [0, 0.05) is 5.56 Å². The minimum absolute atomic E-state index is 0.604. The maximum absolute atomic E-state index is 6.08. The van der Waals surface area contributed by atoms with E-state index < -0.39 is 5.54 Å². The third-order valence-electron chi connectivity index (χ3n) is 4.96. The van der Waals surface area contributed by atoms with E-state index in [1.807, 2.05) is 36.3 Å². The summed E-state index contributed by atoms with van der Waals surface area (Å²) in [5.74, 6) is 0.870. The molecule has 1 aliphatic heterocycles. The van der Waals surface area contributed by atoms with E-state index in [0.717, 1.165) is 28.1 Å². The van der Waals surface area contributed by atoms with Crippen molar-refractivity contribution >= 4 is 11.4 Å². The Hall–Kier alpha value is -3.04. The first-order valence-electron chi connectivity index (χ1n) is 9.21. The van der Waals surface area contributed by atoms with Crippen molar-refractivity contribution < 1.29 is 9.57 Å². The lowest BCUT2D eigenvalue weighted by molar-refractivity contribution is 0.122. The van der Waals surface area contributed by atoms with E-state index >= 15 is 0 Å².